The third-order valence-electron chi connectivity index (χ3n) is 18.0. The molecule has 0 saturated heterocycles. The number of carboxylic acid groups (broad SMARTS) is 3. The number of carbonyl (C=O) groups excluding carboxylic acids is 6. The molecule has 0 saturated carbocycles. The van der Waals surface area contributed by atoms with Crippen molar-refractivity contribution in [1.29, 1.82) is 0 Å². The van der Waals surface area contributed by atoms with Crippen LogP contribution in [0.2, 0.25) is 0 Å². The average Bonchev–Trinajstić information content (AvgIpc) is 1.61. The van der Waals surface area contributed by atoms with E-state index in [1.54, 1.807) is 48.5 Å². The Morgan fingerprint density at radius 2 is 0.479 bits per heavy atom. The van der Waals surface area contributed by atoms with Crippen LogP contribution in [0.4, 0.5) is 111 Å². The lowest BCUT2D eigenvalue weighted by atomic mass is 9.83. The second-order valence-corrected chi connectivity index (χ2v) is 25.5. The molecule has 20 nitrogen and oxygen atoms in total. The van der Waals surface area contributed by atoms with E-state index in [0.29, 0.717) is 11.1 Å². The quantitative estimate of drug-likeness (QED) is 0.0100. The van der Waals surface area contributed by atoms with Crippen LogP contribution in [0.15, 0.2) is 97.1 Å². The minimum atomic E-state index is -5.65. The standard InChI is InChI=1S/C43H24F15NO8.C25H27NO8.C8F8O2/c44-24-27(47)33(53)39(34(54)28(24)48)65-21(60)9-12-43(13-10-22(61)66-40-35(55)29(49)25(45)30(50)36(40)56,14-11-23(62)67-41-37(57)31(51)26(46)32(52)38(41)58)59-42(63)64-15-20-18-7-3-1-5-16(18)17-6-2-4-8-19(17)20;27-21(28)9-12-25(13-10-22(29)30,14-11-23(31)32)26-24(33)34-15-20-18-7-3-1-5-16(18)17-6-2-4-8-19(17)20;9-1-2(10)4(12)6(5(13)3(1)11)18-7(17)8(14,15)16/h1-8,20H,9-15H2,(H,59,63);1-8,20H,9-15H2,(H,26,33)(H,27,28)(H,29,30)(H,31,32);. The Labute approximate surface area is 650 Å². The molecule has 0 atom stereocenters. The van der Waals surface area contributed by atoms with Gasteiger partial charge in [0.25, 0.3) is 0 Å². The van der Waals surface area contributed by atoms with Gasteiger partial charge in [0, 0.05) is 61.4 Å². The van der Waals surface area contributed by atoms with Gasteiger partial charge in [-0.1, -0.05) is 97.1 Å². The number of hydrogen-bond donors (Lipinski definition) is 5. The van der Waals surface area contributed by atoms with Crippen LogP contribution in [0.5, 0.6) is 23.0 Å². The second-order valence-electron chi connectivity index (χ2n) is 25.5. The predicted octanol–water partition coefficient (Wildman–Crippen LogP) is 17.2. The van der Waals surface area contributed by atoms with Crippen LogP contribution in [0.3, 0.4) is 0 Å². The Bertz CT molecular complexity index is 4860. The first-order valence-corrected chi connectivity index (χ1v) is 33.7. The molecule has 8 aromatic carbocycles. The van der Waals surface area contributed by atoms with E-state index in [0.717, 1.165) is 33.4 Å². The summed E-state index contributed by atoms with van der Waals surface area (Å²) in [6.45, 7) is -0.491. The number of carbonyl (C=O) groups is 9. The number of aliphatic carboxylic acids is 3. The molecule has 2 amide bonds. The molecule has 10 rings (SSSR count). The molecule has 0 aliphatic heterocycles. The lowest BCUT2D eigenvalue weighted by Crippen LogP contribution is -2.50. The maximum atomic E-state index is 14.4. The molecule has 2 aliphatic carbocycles. The number of alkyl halides is 3. The lowest BCUT2D eigenvalue weighted by Gasteiger charge is -2.34. The Morgan fingerprint density at radius 3 is 0.689 bits per heavy atom. The summed E-state index contributed by atoms with van der Waals surface area (Å²) in [5.74, 6) is -73.9. The molecule has 5 N–H and O–H groups in total. The second kappa shape index (κ2) is 38.4. The zero-order chi connectivity index (χ0) is 88.2. The first-order valence-electron chi connectivity index (χ1n) is 33.7. The molecule has 0 radical (unpaired) electrons. The summed E-state index contributed by atoms with van der Waals surface area (Å²) in [7, 11) is 0. The van der Waals surface area contributed by atoms with Crippen LogP contribution < -0.4 is 29.6 Å². The fourth-order valence-electron chi connectivity index (χ4n) is 12.2. The molecule has 0 unspecified atom stereocenters. The van der Waals surface area contributed by atoms with Crippen molar-refractivity contribution in [3.63, 3.8) is 0 Å². The van der Waals surface area contributed by atoms with E-state index in [1.165, 1.54) is 0 Å². The number of esters is 4. The lowest BCUT2D eigenvalue weighted by molar-refractivity contribution is -0.190. The number of hydrogen-bond acceptors (Lipinski definition) is 15. The number of rotatable bonds is 28. The van der Waals surface area contributed by atoms with Crippen molar-refractivity contribution in [3.8, 4) is 45.3 Å². The Morgan fingerprint density at radius 1 is 0.286 bits per heavy atom. The molecule has 0 heterocycles. The summed E-state index contributed by atoms with van der Waals surface area (Å²) in [6, 6.07) is 29.3. The van der Waals surface area contributed by atoms with Crippen LogP contribution in [0, 0.1) is 116 Å². The summed E-state index contributed by atoms with van der Waals surface area (Å²) in [5.41, 5.74) is 3.06. The monoisotopic (exact) mass is 1720 g/mol. The highest BCUT2D eigenvalue weighted by Gasteiger charge is 2.45. The number of carboxylic acids is 3. The smallest absolute Gasteiger partial charge is 0.481 e. The molecule has 0 spiro atoms. The minimum Gasteiger partial charge on any atom is -0.481 e. The minimum absolute atomic E-state index is 0.0206. The fraction of sp³-hybridized carbons (Fsp3) is 0.250. The van der Waals surface area contributed by atoms with Crippen molar-refractivity contribution in [2.45, 2.75) is 106 Å². The van der Waals surface area contributed by atoms with Crippen molar-refractivity contribution >= 4 is 54.0 Å². The number of ether oxygens (including phenoxy) is 6. The van der Waals surface area contributed by atoms with Gasteiger partial charge in [-0.3, -0.25) is 28.8 Å². The topological polar surface area (TPSA) is 294 Å². The number of fused-ring (bicyclic) bond motifs is 6. The molecule has 119 heavy (non-hydrogen) atoms. The molecular weight excluding hydrogens is 1670 g/mol. The van der Waals surface area contributed by atoms with Crippen LogP contribution in [0.1, 0.15) is 111 Å². The zero-order valence-corrected chi connectivity index (χ0v) is 59.5. The maximum Gasteiger partial charge on any atom is 0.491 e. The highest BCUT2D eigenvalue weighted by atomic mass is 19.4. The van der Waals surface area contributed by atoms with Crippen molar-refractivity contribution in [2.75, 3.05) is 13.2 Å². The van der Waals surface area contributed by atoms with E-state index in [-0.39, 0.29) is 51.0 Å². The maximum absolute atomic E-state index is 14.4. The van der Waals surface area contributed by atoms with Gasteiger partial charge < -0.3 is 54.4 Å². The summed E-state index contributed by atoms with van der Waals surface area (Å²) in [4.78, 5) is 109. The first kappa shape index (κ1) is 91.5. The fourth-order valence-corrected chi connectivity index (χ4v) is 12.2. The third-order valence-corrected chi connectivity index (χ3v) is 18.0. The van der Waals surface area contributed by atoms with Crippen molar-refractivity contribution in [2.24, 2.45) is 0 Å². The molecule has 8 aromatic rings. The summed E-state index contributed by atoms with van der Waals surface area (Å²) < 4.78 is 336. The number of alkyl carbamates (subject to hydrolysis) is 2. The van der Waals surface area contributed by atoms with E-state index in [2.05, 4.69) is 29.6 Å². The third kappa shape index (κ3) is 21.2. The van der Waals surface area contributed by atoms with Gasteiger partial charge in [0.2, 0.25) is 139 Å². The molecule has 0 bridgehead atoms. The van der Waals surface area contributed by atoms with E-state index >= 15 is 0 Å². The van der Waals surface area contributed by atoms with Gasteiger partial charge >= 0.3 is 60.1 Å². The Hall–Kier alpha value is -13.0. The van der Waals surface area contributed by atoms with E-state index < -0.39 is 262 Å². The number of benzene rings is 8. The molecular formula is C76H51F23N2O18. The highest BCUT2D eigenvalue weighted by Crippen LogP contribution is 2.47. The predicted molar refractivity (Wildman–Crippen MR) is 354 cm³/mol. The molecule has 43 heteroatoms. The Kier molecular flexibility index (Phi) is 29.5. The van der Waals surface area contributed by atoms with Crippen molar-refractivity contribution in [1.82, 2.24) is 10.6 Å². The highest BCUT2D eigenvalue weighted by molar-refractivity contribution is 5.82. The largest absolute Gasteiger partial charge is 0.491 e. The van der Waals surface area contributed by atoms with Gasteiger partial charge in [-0.25, -0.2) is 67.1 Å². The summed E-state index contributed by atoms with van der Waals surface area (Å²) in [5, 5.41) is 32.2. The van der Waals surface area contributed by atoms with E-state index in [1.807, 2.05) is 48.5 Å². The molecule has 634 valence electrons. The van der Waals surface area contributed by atoms with Crippen LogP contribution in [-0.2, 0) is 43.0 Å². The van der Waals surface area contributed by atoms with E-state index in [4.69, 9.17) is 24.8 Å². The average molecular weight is 1720 g/mol. The summed E-state index contributed by atoms with van der Waals surface area (Å²) in [6.07, 6.45) is -16.8. The van der Waals surface area contributed by atoms with Crippen LogP contribution >= 0.6 is 0 Å². The Balaban J connectivity index is 0.000000278. The number of amides is 2. The SMILES string of the molecule is O=C(CCC(CCC(=O)Oc1c(F)c(F)c(F)c(F)c1F)(CCC(=O)Oc1c(F)c(F)c(F)c(F)c1F)NC(=O)OCC1c2ccccc2-c2ccccc21)Oc1c(F)c(F)c(F)c(F)c1F.O=C(O)CCC(CCC(=O)O)(CCC(=O)O)NC(=O)OCC1c2ccccc2-c2ccccc21.O=C(Oc1c(F)c(F)c(F)c(F)c1F)C(F)(F)F. The zero-order valence-electron chi connectivity index (χ0n) is 59.5. The normalized spacial score (nSPS) is 12.1. The van der Waals surface area contributed by atoms with Gasteiger partial charge in [0.15, 0.2) is 0 Å². The van der Waals surface area contributed by atoms with Gasteiger partial charge in [-0.05, 0) is 83.0 Å². The van der Waals surface area contributed by atoms with Crippen molar-refractivity contribution in [3.05, 3.63) is 236 Å². The number of halogens is 23. The van der Waals surface area contributed by atoms with Gasteiger partial charge in [0.05, 0.1) is 0 Å². The summed E-state index contributed by atoms with van der Waals surface area (Å²) >= 11 is 0. The molecule has 0 fully saturated rings. The van der Waals surface area contributed by atoms with Crippen LogP contribution in [0.25, 0.3) is 22.3 Å². The van der Waals surface area contributed by atoms with Gasteiger partial charge in [0.1, 0.15) is 13.2 Å². The molecule has 0 aromatic heterocycles. The van der Waals surface area contributed by atoms with Gasteiger partial charge in [-0.2, -0.15) is 48.3 Å². The first-order chi connectivity index (χ1) is 55.9. The van der Waals surface area contributed by atoms with Crippen LogP contribution in [-0.4, -0.2) is 99.8 Å². The number of nitrogens with one attached hydrogen (secondary N) is 2. The van der Waals surface area contributed by atoms with Crippen molar-refractivity contribution < 1.29 is 188 Å². The molecule has 2 aliphatic rings. The van der Waals surface area contributed by atoms with E-state index in [9.17, 15) is 144 Å². The van der Waals surface area contributed by atoms with Gasteiger partial charge in [-0.15, -0.1) is 0 Å².